The van der Waals surface area contributed by atoms with Gasteiger partial charge in [0, 0.05) is 0 Å². The van der Waals surface area contributed by atoms with Crippen LogP contribution < -0.4 is 0 Å². The van der Waals surface area contributed by atoms with E-state index in [1.54, 1.807) is 0 Å². The highest BCUT2D eigenvalue weighted by atomic mass is 32.2. The van der Waals surface area contributed by atoms with E-state index in [0.29, 0.717) is 0 Å². The summed E-state index contributed by atoms with van der Waals surface area (Å²) in [5.41, 5.74) is -0.000723. The number of sulfone groups is 1. The molecule has 0 saturated heterocycles. The normalized spacial score (nSPS) is 13.2. The second kappa shape index (κ2) is 6.00. The summed E-state index contributed by atoms with van der Waals surface area (Å²) in [5.74, 6) is -0.980. The maximum atomic E-state index is 12.1. The van der Waals surface area contributed by atoms with Gasteiger partial charge in [0.2, 0.25) is 0 Å². The molecule has 0 aromatic heterocycles. The number of aromatic carboxylic acids is 1. The van der Waals surface area contributed by atoms with Gasteiger partial charge in [0.05, 0.1) is 16.2 Å². The van der Waals surface area contributed by atoms with E-state index in [1.165, 1.54) is 24.3 Å². The van der Waals surface area contributed by atoms with Gasteiger partial charge in [-0.15, -0.1) is 0 Å². The first-order chi connectivity index (χ1) is 8.36. The summed E-state index contributed by atoms with van der Waals surface area (Å²) in [5, 5.41) is 8.85. The number of rotatable bonds is 6. The van der Waals surface area contributed by atoms with E-state index in [-0.39, 0.29) is 22.1 Å². The van der Waals surface area contributed by atoms with Crippen LogP contribution in [0.25, 0.3) is 0 Å². The predicted octanol–water partition coefficient (Wildman–Crippen LogP) is 2.59. The lowest BCUT2D eigenvalue weighted by atomic mass is 10.1. The van der Waals surface area contributed by atoms with Crippen LogP contribution in [0.4, 0.5) is 0 Å². The molecule has 1 unspecified atom stereocenters. The molecule has 4 nitrogen and oxygen atoms in total. The molecule has 1 aromatic carbocycles. The van der Waals surface area contributed by atoms with Crippen LogP contribution in [0.3, 0.4) is 0 Å². The highest BCUT2D eigenvalue weighted by molar-refractivity contribution is 7.91. The zero-order valence-corrected chi connectivity index (χ0v) is 11.4. The van der Waals surface area contributed by atoms with Gasteiger partial charge in [-0.2, -0.15) is 0 Å². The first kappa shape index (κ1) is 14.7. The van der Waals surface area contributed by atoms with Crippen molar-refractivity contribution in [3.63, 3.8) is 0 Å². The molecular formula is C13H18O4S. The molecule has 0 aliphatic carbocycles. The van der Waals surface area contributed by atoms with Crippen molar-refractivity contribution in [3.8, 4) is 0 Å². The Morgan fingerprint density at radius 3 is 2.61 bits per heavy atom. The van der Waals surface area contributed by atoms with Gasteiger partial charge in [-0.3, -0.25) is 0 Å². The van der Waals surface area contributed by atoms with Gasteiger partial charge in [0.25, 0.3) is 0 Å². The lowest BCUT2D eigenvalue weighted by molar-refractivity contribution is 0.0696. The van der Waals surface area contributed by atoms with Crippen LogP contribution in [0.5, 0.6) is 0 Å². The topological polar surface area (TPSA) is 71.4 Å². The third kappa shape index (κ3) is 3.84. The average molecular weight is 270 g/mol. The molecule has 0 heterocycles. The zero-order chi connectivity index (χ0) is 13.8. The number of hydrogen-bond donors (Lipinski definition) is 1. The molecule has 1 N–H and O–H groups in total. The Labute approximate surface area is 108 Å². The van der Waals surface area contributed by atoms with E-state index in [9.17, 15) is 13.2 Å². The largest absolute Gasteiger partial charge is 0.478 e. The van der Waals surface area contributed by atoms with E-state index < -0.39 is 15.8 Å². The summed E-state index contributed by atoms with van der Waals surface area (Å²) in [7, 11) is -3.40. The molecule has 0 radical (unpaired) electrons. The number of benzene rings is 1. The third-order valence-electron chi connectivity index (χ3n) is 2.73. The van der Waals surface area contributed by atoms with Crippen molar-refractivity contribution < 1.29 is 18.3 Å². The van der Waals surface area contributed by atoms with Crippen molar-refractivity contribution in [2.45, 2.75) is 31.6 Å². The van der Waals surface area contributed by atoms with Crippen LogP contribution in [0.15, 0.2) is 29.2 Å². The van der Waals surface area contributed by atoms with E-state index in [0.717, 1.165) is 12.8 Å². The predicted molar refractivity (Wildman–Crippen MR) is 69.5 cm³/mol. The Balaban J connectivity index is 2.98. The highest BCUT2D eigenvalue weighted by Gasteiger charge is 2.19. The van der Waals surface area contributed by atoms with Gasteiger partial charge in [-0.05, 0) is 30.5 Å². The second-order valence-corrected chi connectivity index (χ2v) is 6.54. The van der Waals surface area contributed by atoms with Crippen LogP contribution in [0.2, 0.25) is 0 Å². The molecule has 1 atom stereocenters. The molecule has 100 valence electrons. The Hall–Kier alpha value is -1.36. The van der Waals surface area contributed by atoms with E-state index in [2.05, 4.69) is 0 Å². The number of carboxylic acids is 1. The summed E-state index contributed by atoms with van der Waals surface area (Å²) in [6.45, 7) is 3.90. The van der Waals surface area contributed by atoms with Crippen molar-refractivity contribution in [1.29, 1.82) is 0 Å². The van der Waals surface area contributed by atoms with Gasteiger partial charge in [0.15, 0.2) is 9.84 Å². The quantitative estimate of drug-likeness (QED) is 0.862. The maximum Gasteiger partial charge on any atom is 0.335 e. The minimum absolute atomic E-state index is 0.000723. The summed E-state index contributed by atoms with van der Waals surface area (Å²) >= 11 is 0. The minimum atomic E-state index is -3.40. The van der Waals surface area contributed by atoms with Crippen molar-refractivity contribution in [3.05, 3.63) is 29.8 Å². The lowest BCUT2D eigenvalue weighted by Gasteiger charge is -2.11. The molecule has 0 aliphatic heterocycles. The fourth-order valence-corrected chi connectivity index (χ4v) is 3.57. The fourth-order valence-electron chi connectivity index (χ4n) is 1.87. The van der Waals surface area contributed by atoms with E-state index in [4.69, 9.17) is 5.11 Å². The molecular weight excluding hydrogens is 252 g/mol. The number of hydrogen-bond acceptors (Lipinski definition) is 3. The van der Waals surface area contributed by atoms with Crippen LogP contribution >= 0.6 is 0 Å². The molecule has 0 bridgehead atoms. The average Bonchev–Trinajstić information content (AvgIpc) is 2.28. The van der Waals surface area contributed by atoms with E-state index >= 15 is 0 Å². The van der Waals surface area contributed by atoms with E-state index in [1.807, 2.05) is 13.8 Å². The Morgan fingerprint density at radius 1 is 1.39 bits per heavy atom. The summed E-state index contributed by atoms with van der Waals surface area (Å²) in [6, 6.07) is 5.51. The highest BCUT2D eigenvalue weighted by Crippen LogP contribution is 2.18. The number of carboxylic acid groups (broad SMARTS) is 1. The standard InChI is InChI=1S/C13H18O4S/c1-3-5-10(2)9-18(16,17)12-7-4-6-11(8-12)13(14)15/h4,6-8,10H,3,5,9H2,1-2H3,(H,14,15). The van der Waals surface area contributed by atoms with Gasteiger partial charge < -0.3 is 5.11 Å². The molecule has 5 heteroatoms. The van der Waals surface area contributed by atoms with Crippen LogP contribution in [0.1, 0.15) is 37.0 Å². The Morgan fingerprint density at radius 2 is 2.06 bits per heavy atom. The molecule has 0 fully saturated rings. The van der Waals surface area contributed by atoms with Crippen LogP contribution in [0, 0.1) is 5.92 Å². The minimum Gasteiger partial charge on any atom is -0.478 e. The summed E-state index contributed by atoms with van der Waals surface area (Å²) < 4.78 is 24.2. The van der Waals surface area contributed by atoms with Gasteiger partial charge in [-0.25, -0.2) is 13.2 Å². The Kier molecular flexibility index (Phi) is 4.90. The molecule has 0 spiro atoms. The van der Waals surface area contributed by atoms with Gasteiger partial charge >= 0.3 is 5.97 Å². The smallest absolute Gasteiger partial charge is 0.335 e. The van der Waals surface area contributed by atoms with Crippen molar-refractivity contribution in [1.82, 2.24) is 0 Å². The molecule has 0 saturated carbocycles. The first-order valence-corrected chi connectivity index (χ1v) is 7.58. The second-order valence-electron chi connectivity index (χ2n) is 4.51. The van der Waals surface area contributed by atoms with Crippen molar-refractivity contribution in [2.24, 2.45) is 5.92 Å². The summed E-state index contributed by atoms with van der Waals surface area (Å²) in [6.07, 6.45) is 1.78. The zero-order valence-electron chi connectivity index (χ0n) is 10.6. The maximum absolute atomic E-state index is 12.1. The van der Waals surface area contributed by atoms with Crippen molar-refractivity contribution >= 4 is 15.8 Å². The third-order valence-corrected chi connectivity index (χ3v) is 4.71. The SMILES string of the molecule is CCCC(C)CS(=O)(=O)c1cccc(C(=O)O)c1. The first-order valence-electron chi connectivity index (χ1n) is 5.93. The molecule has 1 rings (SSSR count). The molecule has 18 heavy (non-hydrogen) atoms. The van der Waals surface area contributed by atoms with Crippen LogP contribution in [-0.4, -0.2) is 25.2 Å². The van der Waals surface area contributed by atoms with Gasteiger partial charge in [0.1, 0.15) is 0 Å². The Bertz CT molecular complexity index is 520. The number of carbonyl (C=O) groups is 1. The van der Waals surface area contributed by atoms with Gasteiger partial charge in [-0.1, -0.05) is 26.3 Å². The lowest BCUT2D eigenvalue weighted by Crippen LogP contribution is -2.14. The van der Waals surface area contributed by atoms with Crippen molar-refractivity contribution in [2.75, 3.05) is 5.75 Å². The molecule has 0 amide bonds. The molecule has 1 aromatic rings. The molecule has 0 aliphatic rings. The summed E-state index contributed by atoms with van der Waals surface area (Å²) in [4.78, 5) is 10.9. The monoisotopic (exact) mass is 270 g/mol. The van der Waals surface area contributed by atoms with Crippen LogP contribution in [-0.2, 0) is 9.84 Å². The fraction of sp³-hybridized carbons (Fsp3) is 0.462.